The zero-order valence-corrected chi connectivity index (χ0v) is 30.7. The van der Waals surface area contributed by atoms with Gasteiger partial charge in [-0.1, -0.05) is 70.9 Å². The summed E-state index contributed by atoms with van der Waals surface area (Å²) in [5.41, 5.74) is 4.07. The molecule has 0 bridgehead atoms. The maximum absolute atomic E-state index is 13.5. The van der Waals surface area contributed by atoms with Gasteiger partial charge < -0.3 is 20.2 Å². The predicted octanol–water partition coefficient (Wildman–Crippen LogP) is 6.83. The average molecular weight is 698 g/mol. The Labute approximate surface area is 300 Å². The van der Waals surface area contributed by atoms with Crippen molar-refractivity contribution in [1.82, 2.24) is 25.1 Å². The molecule has 2 amide bonds. The maximum atomic E-state index is 13.5. The highest BCUT2D eigenvalue weighted by molar-refractivity contribution is 7.14. The van der Waals surface area contributed by atoms with Gasteiger partial charge in [-0.15, -0.1) is 11.3 Å². The van der Waals surface area contributed by atoms with Crippen molar-refractivity contribution >= 4 is 34.7 Å². The summed E-state index contributed by atoms with van der Waals surface area (Å²) in [4.78, 5) is 53.4. The number of thiophene rings is 1. The topological polar surface area (TPSA) is 116 Å². The fourth-order valence-corrected chi connectivity index (χ4v) is 8.39. The Bertz CT molecular complexity index is 1680. The molecular weight excluding hydrogens is 647 g/mol. The van der Waals surface area contributed by atoms with Crippen LogP contribution in [0.1, 0.15) is 98.3 Å². The van der Waals surface area contributed by atoms with Gasteiger partial charge in [0.05, 0.1) is 10.8 Å². The lowest BCUT2D eigenvalue weighted by Gasteiger charge is -2.39. The van der Waals surface area contributed by atoms with Crippen LogP contribution in [0.5, 0.6) is 0 Å². The number of benzene rings is 1. The summed E-state index contributed by atoms with van der Waals surface area (Å²) in [7, 11) is 0. The Morgan fingerprint density at radius 1 is 0.980 bits per heavy atom. The van der Waals surface area contributed by atoms with E-state index in [9.17, 15) is 19.5 Å². The third kappa shape index (κ3) is 8.52. The Kier molecular flexibility index (Phi) is 11.2. The van der Waals surface area contributed by atoms with Crippen LogP contribution in [0.3, 0.4) is 0 Å². The normalized spacial score (nSPS) is 19.8. The highest BCUT2D eigenvalue weighted by atomic mass is 32.1. The van der Waals surface area contributed by atoms with Gasteiger partial charge in [0.15, 0.2) is 5.82 Å². The fraction of sp³-hybridized carbons (Fsp3) is 0.525. The molecule has 2 saturated heterocycles. The molecule has 3 aromatic rings. The number of carboxylic acid groups (broad SMARTS) is 1. The quantitative estimate of drug-likeness (QED) is 0.226. The number of nitrogens with zero attached hydrogens (tertiary/aromatic N) is 4. The summed E-state index contributed by atoms with van der Waals surface area (Å²) in [5.74, 6) is -0.511. The number of piperidine rings is 1. The Morgan fingerprint density at radius 3 is 2.26 bits per heavy atom. The van der Waals surface area contributed by atoms with Crippen molar-refractivity contribution in [3.63, 3.8) is 0 Å². The van der Waals surface area contributed by atoms with Crippen molar-refractivity contribution in [3.8, 4) is 11.4 Å². The fourth-order valence-electron chi connectivity index (χ4n) is 7.43. The van der Waals surface area contributed by atoms with Crippen molar-refractivity contribution in [2.24, 2.45) is 11.8 Å². The van der Waals surface area contributed by atoms with Gasteiger partial charge in [-0.05, 0) is 79.8 Å². The van der Waals surface area contributed by atoms with E-state index < -0.39 is 17.9 Å². The van der Waals surface area contributed by atoms with Crippen LogP contribution in [0, 0.1) is 11.8 Å². The van der Waals surface area contributed by atoms with Gasteiger partial charge in [0.1, 0.15) is 6.04 Å². The van der Waals surface area contributed by atoms with Gasteiger partial charge in [-0.2, -0.15) is 0 Å². The molecule has 4 heterocycles. The van der Waals surface area contributed by atoms with Gasteiger partial charge in [0.2, 0.25) is 5.91 Å². The van der Waals surface area contributed by atoms with E-state index in [0.717, 1.165) is 40.3 Å². The minimum Gasteiger partial charge on any atom is -0.481 e. The number of aliphatic carboxylic acids is 1. The summed E-state index contributed by atoms with van der Waals surface area (Å²) in [6.07, 6.45) is 15.2. The number of carboxylic acids is 1. The number of aromatic nitrogens is 2. The molecular formula is C40H51N5O4S. The van der Waals surface area contributed by atoms with E-state index in [2.05, 4.69) is 44.0 Å². The summed E-state index contributed by atoms with van der Waals surface area (Å²) in [6.45, 7) is 11.4. The third-order valence-electron chi connectivity index (χ3n) is 10.6. The number of hydrogen-bond donors (Lipinski definition) is 2. The minimum absolute atomic E-state index is 0.0877. The van der Waals surface area contributed by atoms with Gasteiger partial charge in [-0.3, -0.25) is 14.4 Å². The zero-order valence-electron chi connectivity index (χ0n) is 29.9. The summed E-state index contributed by atoms with van der Waals surface area (Å²) < 4.78 is 0. The van der Waals surface area contributed by atoms with E-state index in [4.69, 9.17) is 9.97 Å². The van der Waals surface area contributed by atoms with Crippen molar-refractivity contribution in [1.29, 1.82) is 0 Å². The van der Waals surface area contributed by atoms with Crippen LogP contribution < -0.4 is 5.32 Å². The number of carbonyl (C=O) groups is 3. The SMILES string of the molecule is CCCC1CCN(C2CC=C(c3cnc(-c4ccc(C[C@H](NC(=O)c5ccc(C(C)(C)C)s5)C(=O)N5CC(C(=O)O)C5)cc4)nc3)CC2)CC1. The number of hydrogen-bond acceptors (Lipinski definition) is 7. The van der Waals surface area contributed by atoms with Crippen molar-refractivity contribution in [3.05, 3.63) is 75.7 Å². The van der Waals surface area contributed by atoms with Crippen LogP contribution in [0.15, 0.2) is 54.9 Å². The highest BCUT2D eigenvalue weighted by Gasteiger charge is 2.39. The van der Waals surface area contributed by atoms with Crippen LogP contribution in [-0.2, 0) is 21.4 Å². The van der Waals surface area contributed by atoms with Crippen molar-refractivity contribution < 1.29 is 19.5 Å². The molecule has 50 heavy (non-hydrogen) atoms. The molecule has 2 fully saturated rings. The van der Waals surface area contributed by atoms with E-state index in [0.29, 0.717) is 16.7 Å². The van der Waals surface area contributed by atoms with E-state index in [1.807, 2.05) is 42.7 Å². The van der Waals surface area contributed by atoms with E-state index >= 15 is 0 Å². The molecule has 1 unspecified atom stereocenters. The largest absolute Gasteiger partial charge is 0.481 e. The molecule has 0 saturated carbocycles. The molecule has 266 valence electrons. The molecule has 1 aromatic carbocycles. The molecule has 2 aliphatic heterocycles. The first-order valence-corrected chi connectivity index (χ1v) is 19.1. The number of amides is 2. The van der Waals surface area contributed by atoms with Gasteiger partial charge >= 0.3 is 5.97 Å². The van der Waals surface area contributed by atoms with Crippen molar-refractivity contribution in [2.75, 3.05) is 26.2 Å². The average Bonchev–Trinajstić information content (AvgIpc) is 3.60. The summed E-state index contributed by atoms with van der Waals surface area (Å²) in [6, 6.07) is 11.3. The first-order valence-electron chi connectivity index (χ1n) is 18.3. The molecule has 2 N–H and O–H groups in total. The number of allylic oxidation sites excluding steroid dienone is 1. The van der Waals surface area contributed by atoms with E-state index in [-0.39, 0.29) is 36.7 Å². The third-order valence-corrected chi connectivity index (χ3v) is 12.1. The first-order chi connectivity index (χ1) is 24.0. The molecule has 10 heteroatoms. The molecule has 6 rings (SSSR count). The predicted molar refractivity (Wildman–Crippen MR) is 198 cm³/mol. The number of likely N-dealkylation sites (tertiary alicyclic amines) is 2. The van der Waals surface area contributed by atoms with E-state index in [1.165, 1.54) is 67.0 Å². The number of carbonyl (C=O) groups excluding carboxylic acids is 2. The molecule has 9 nitrogen and oxygen atoms in total. The Morgan fingerprint density at radius 2 is 1.68 bits per heavy atom. The van der Waals surface area contributed by atoms with Crippen LogP contribution in [0.25, 0.3) is 17.0 Å². The molecule has 2 aromatic heterocycles. The second kappa shape index (κ2) is 15.6. The van der Waals surface area contributed by atoms with Crippen LogP contribution in [-0.4, -0.2) is 80.9 Å². The second-order valence-electron chi connectivity index (χ2n) is 15.3. The second-order valence-corrected chi connectivity index (χ2v) is 16.4. The van der Waals surface area contributed by atoms with Gasteiger partial charge in [0, 0.05) is 53.9 Å². The summed E-state index contributed by atoms with van der Waals surface area (Å²) >= 11 is 1.42. The number of nitrogens with one attached hydrogen (secondary N) is 1. The first kappa shape index (κ1) is 35.9. The van der Waals surface area contributed by atoms with Crippen LogP contribution in [0.4, 0.5) is 0 Å². The lowest BCUT2D eigenvalue weighted by molar-refractivity contribution is -0.153. The molecule has 2 atom stereocenters. The molecule has 0 radical (unpaired) electrons. The van der Waals surface area contributed by atoms with Crippen molar-refractivity contribution in [2.45, 2.75) is 96.6 Å². The monoisotopic (exact) mass is 697 g/mol. The smallest absolute Gasteiger partial charge is 0.310 e. The molecule has 1 aliphatic carbocycles. The lowest BCUT2D eigenvalue weighted by Crippen LogP contribution is -2.59. The zero-order chi connectivity index (χ0) is 35.4. The highest BCUT2D eigenvalue weighted by Crippen LogP contribution is 2.33. The summed E-state index contributed by atoms with van der Waals surface area (Å²) in [5, 5.41) is 12.3. The minimum atomic E-state index is -0.911. The van der Waals surface area contributed by atoms with Gasteiger partial charge in [0.25, 0.3) is 5.91 Å². The van der Waals surface area contributed by atoms with Gasteiger partial charge in [-0.25, -0.2) is 9.97 Å². The van der Waals surface area contributed by atoms with E-state index in [1.54, 1.807) is 6.07 Å². The Hall–Kier alpha value is -3.89. The molecule has 0 spiro atoms. The molecule has 3 aliphatic rings. The number of rotatable bonds is 11. The van der Waals surface area contributed by atoms with Crippen LogP contribution >= 0.6 is 11.3 Å². The maximum Gasteiger partial charge on any atom is 0.310 e. The lowest BCUT2D eigenvalue weighted by atomic mass is 9.87. The Balaban J connectivity index is 1.08. The van der Waals surface area contributed by atoms with Crippen LogP contribution in [0.2, 0.25) is 0 Å². The standard InChI is InChI=1S/C40H51N5O4S/c1-5-6-26-17-19-44(20-18-26)32-13-11-28(12-14-32)30-22-41-36(42-23-30)29-9-7-27(8-10-29)21-33(38(47)45-24-31(25-45)39(48)49)43-37(46)34-15-16-35(50-34)40(2,3)4/h7-11,15-16,22-23,26,31-33H,5-6,12-14,17-21,24-25H2,1-4H3,(H,43,46)(H,48,49)/t32?,33-/m0/s1.